The molecule has 2 rings (SSSR count). The van der Waals surface area contributed by atoms with Crippen LogP contribution in [0.4, 0.5) is 0 Å². The highest BCUT2D eigenvalue weighted by atomic mass is 15.3. The highest BCUT2D eigenvalue weighted by molar-refractivity contribution is 4.80. The van der Waals surface area contributed by atoms with Gasteiger partial charge in [-0.2, -0.15) is 5.10 Å². The first-order valence-electron chi connectivity index (χ1n) is 6.69. The number of hydrogen-bond acceptors (Lipinski definition) is 3. The molecule has 0 bridgehead atoms. The monoisotopic (exact) mass is 236 g/mol. The maximum absolute atomic E-state index is 4.25. The van der Waals surface area contributed by atoms with Crippen LogP contribution in [0.25, 0.3) is 0 Å². The van der Waals surface area contributed by atoms with E-state index in [-0.39, 0.29) is 0 Å². The van der Waals surface area contributed by atoms with Crippen LogP contribution in [0.1, 0.15) is 20.3 Å². The molecule has 0 amide bonds. The van der Waals surface area contributed by atoms with Crippen molar-refractivity contribution in [3.05, 3.63) is 18.5 Å². The second-order valence-electron chi connectivity index (χ2n) is 5.23. The molecule has 96 valence electrons. The van der Waals surface area contributed by atoms with Crippen molar-refractivity contribution in [1.29, 1.82) is 0 Å². The highest BCUT2D eigenvalue weighted by Gasteiger charge is 2.19. The molecule has 4 nitrogen and oxygen atoms in total. The molecule has 1 aromatic heterocycles. The fraction of sp³-hybridized carbons (Fsp3) is 0.769. The van der Waals surface area contributed by atoms with Crippen molar-refractivity contribution < 1.29 is 0 Å². The Hall–Kier alpha value is -0.870. The molecule has 1 saturated heterocycles. The Morgan fingerprint density at radius 3 is 3.00 bits per heavy atom. The van der Waals surface area contributed by atoms with Gasteiger partial charge in [-0.1, -0.05) is 13.8 Å². The van der Waals surface area contributed by atoms with Gasteiger partial charge in [-0.25, -0.2) is 0 Å². The minimum Gasteiger partial charge on any atom is -0.312 e. The van der Waals surface area contributed by atoms with Gasteiger partial charge in [0, 0.05) is 31.5 Å². The van der Waals surface area contributed by atoms with Gasteiger partial charge in [0.2, 0.25) is 0 Å². The average Bonchev–Trinajstić information content (AvgIpc) is 2.70. The molecule has 1 unspecified atom stereocenters. The lowest BCUT2D eigenvalue weighted by Gasteiger charge is -2.26. The maximum atomic E-state index is 4.25. The number of nitrogens with zero attached hydrogens (tertiary/aromatic N) is 3. The molecule has 0 aliphatic carbocycles. The molecule has 1 aliphatic heterocycles. The van der Waals surface area contributed by atoms with Crippen LogP contribution in [0.15, 0.2) is 18.5 Å². The normalized spacial score (nSPS) is 22.9. The van der Waals surface area contributed by atoms with Crippen LogP contribution >= 0.6 is 0 Å². The van der Waals surface area contributed by atoms with E-state index in [1.54, 1.807) is 0 Å². The summed E-state index contributed by atoms with van der Waals surface area (Å²) < 4.78 is 2.02. The van der Waals surface area contributed by atoms with Gasteiger partial charge in [-0.3, -0.25) is 9.58 Å². The molecule has 1 aromatic rings. The first-order valence-corrected chi connectivity index (χ1v) is 6.69. The third-order valence-corrected chi connectivity index (χ3v) is 3.52. The summed E-state index contributed by atoms with van der Waals surface area (Å²) in [6.45, 7) is 10.2. The van der Waals surface area contributed by atoms with Crippen LogP contribution < -0.4 is 5.32 Å². The summed E-state index contributed by atoms with van der Waals surface area (Å²) in [5.41, 5.74) is 0. The SMILES string of the molecule is CC(C)C1CN(CCn2cccn2)CCCN1. The standard InChI is InChI=1S/C13H24N4/c1-12(2)13-11-16(7-3-5-14-13)9-10-17-8-4-6-15-17/h4,6,8,12-14H,3,5,7,9-11H2,1-2H3. The quantitative estimate of drug-likeness (QED) is 0.853. The molecule has 4 heteroatoms. The third kappa shape index (κ3) is 3.82. The fourth-order valence-corrected chi connectivity index (χ4v) is 2.35. The van der Waals surface area contributed by atoms with Gasteiger partial charge in [-0.05, 0) is 31.5 Å². The second kappa shape index (κ2) is 6.17. The minimum atomic E-state index is 0.634. The van der Waals surface area contributed by atoms with Gasteiger partial charge in [0.15, 0.2) is 0 Å². The van der Waals surface area contributed by atoms with E-state index in [0.29, 0.717) is 12.0 Å². The summed E-state index contributed by atoms with van der Waals surface area (Å²) >= 11 is 0. The number of aromatic nitrogens is 2. The number of hydrogen-bond donors (Lipinski definition) is 1. The van der Waals surface area contributed by atoms with Gasteiger partial charge >= 0.3 is 0 Å². The van der Waals surface area contributed by atoms with Crippen molar-refractivity contribution >= 4 is 0 Å². The van der Waals surface area contributed by atoms with Crippen molar-refractivity contribution in [2.24, 2.45) is 5.92 Å². The van der Waals surface area contributed by atoms with E-state index >= 15 is 0 Å². The molecule has 17 heavy (non-hydrogen) atoms. The lowest BCUT2D eigenvalue weighted by molar-refractivity contribution is 0.234. The van der Waals surface area contributed by atoms with E-state index in [1.807, 2.05) is 23.1 Å². The van der Waals surface area contributed by atoms with Crippen LogP contribution in [0.2, 0.25) is 0 Å². The number of nitrogens with one attached hydrogen (secondary N) is 1. The summed E-state index contributed by atoms with van der Waals surface area (Å²) in [7, 11) is 0. The highest BCUT2D eigenvalue weighted by Crippen LogP contribution is 2.08. The van der Waals surface area contributed by atoms with E-state index in [4.69, 9.17) is 0 Å². The van der Waals surface area contributed by atoms with Gasteiger partial charge in [0.05, 0.1) is 6.54 Å². The molecule has 1 aliphatic rings. The molecule has 0 spiro atoms. The Labute approximate surface area is 104 Å². The zero-order valence-corrected chi connectivity index (χ0v) is 11.0. The van der Waals surface area contributed by atoms with Gasteiger partial charge in [0.1, 0.15) is 0 Å². The van der Waals surface area contributed by atoms with Crippen molar-refractivity contribution in [1.82, 2.24) is 20.0 Å². The Balaban J connectivity index is 1.82. The molecular formula is C13H24N4. The Morgan fingerprint density at radius 2 is 2.29 bits per heavy atom. The second-order valence-corrected chi connectivity index (χ2v) is 5.23. The summed E-state index contributed by atoms with van der Waals surface area (Å²) in [6, 6.07) is 2.62. The lowest BCUT2D eigenvalue weighted by atomic mass is 10.0. The lowest BCUT2D eigenvalue weighted by Crippen LogP contribution is -2.42. The predicted octanol–water partition coefficient (Wildman–Crippen LogP) is 1.20. The van der Waals surface area contributed by atoms with Crippen LogP contribution in [0.3, 0.4) is 0 Å². The summed E-state index contributed by atoms with van der Waals surface area (Å²) in [5.74, 6) is 0.709. The molecule has 2 heterocycles. The van der Waals surface area contributed by atoms with Gasteiger partial charge in [0.25, 0.3) is 0 Å². The Morgan fingerprint density at radius 1 is 1.41 bits per heavy atom. The predicted molar refractivity (Wildman–Crippen MR) is 69.9 cm³/mol. The first-order chi connectivity index (χ1) is 8.25. The van der Waals surface area contributed by atoms with Crippen LogP contribution in [0.5, 0.6) is 0 Å². The largest absolute Gasteiger partial charge is 0.312 e. The molecule has 0 saturated carbocycles. The molecule has 1 fully saturated rings. The topological polar surface area (TPSA) is 33.1 Å². The van der Waals surface area contributed by atoms with Crippen molar-refractivity contribution in [2.75, 3.05) is 26.2 Å². The van der Waals surface area contributed by atoms with E-state index in [2.05, 4.69) is 29.2 Å². The third-order valence-electron chi connectivity index (χ3n) is 3.52. The molecule has 0 aromatic carbocycles. The Bertz CT molecular complexity index is 307. The zero-order valence-electron chi connectivity index (χ0n) is 11.0. The van der Waals surface area contributed by atoms with Crippen LogP contribution in [-0.2, 0) is 6.54 Å². The van der Waals surface area contributed by atoms with Crippen molar-refractivity contribution in [3.8, 4) is 0 Å². The smallest absolute Gasteiger partial charge is 0.0536 e. The van der Waals surface area contributed by atoms with Crippen molar-refractivity contribution in [2.45, 2.75) is 32.9 Å². The van der Waals surface area contributed by atoms with E-state index in [1.165, 1.54) is 19.5 Å². The zero-order chi connectivity index (χ0) is 12.1. The van der Waals surface area contributed by atoms with E-state index in [9.17, 15) is 0 Å². The summed E-state index contributed by atoms with van der Waals surface area (Å²) in [4.78, 5) is 2.56. The van der Waals surface area contributed by atoms with Crippen molar-refractivity contribution in [3.63, 3.8) is 0 Å². The van der Waals surface area contributed by atoms with E-state index < -0.39 is 0 Å². The maximum Gasteiger partial charge on any atom is 0.0536 e. The average molecular weight is 236 g/mol. The summed E-state index contributed by atoms with van der Waals surface area (Å²) in [6.07, 6.45) is 5.14. The van der Waals surface area contributed by atoms with Crippen LogP contribution in [-0.4, -0.2) is 46.9 Å². The number of rotatable bonds is 4. The van der Waals surface area contributed by atoms with Gasteiger partial charge < -0.3 is 5.32 Å². The first kappa shape index (κ1) is 12.6. The van der Waals surface area contributed by atoms with E-state index in [0.717, 1.165) is 19.6 Å². The minimum absolute atomic E-state index is 0.634. The van der Waals surface area contributed by atoms with Gasteiger partial charge in [-0.15, -0.1) is 0 Å². The molecule has 1 atom stereocenters. The summed E-state index contributed by atoms with van der Waals surface area (Å²) in [5, 5.41) is 7.89. The van der Waals surface area contributed by atoms with Crippen LogP contribution in [0, 0.1) is 5.92 Å². The molecule has 1 N–H and O–H groups in total. The molecule has 0 radical (unpaired) electrons. The molecular weight excluding hydrogens is 212 g/mol. The Kier molecular flexibility index (Phi) is 4.57. The fourth-order valence-electron chi connectivity index (χ4n) is 2.35.